The monoisotopic (exact) mass is 404 g/mol. The smallest absolute Gasteiger partial charge is 0.268 e. The number of carbonyl (C=O) groups is 2. The Morgan fingerprint density at radius 1 is 1.18 bits per heavy atom. The number of amides is 2. The van der Waals surface area contributed by atoms with Crippen LogP contribution in [0.15, 0.2) is 42.5 Å². The molecule has 1 saturated heterocycles. The fraction of sp³-hybridized carbons (Fsp3) is 0.300. The molecule has 0 aliphatic carbocycles. The molecule has 8 heteroatoms. The third-order valence-corrected chi connectivity index (χ3v) is 6.47. The van der Waals surface area contributed by atoms with Gasteiger partial charge in [0.2, 0.25) is 5.91 Å². The minimum Gasteiger partial charge on any atom is -0.375 e. The molecule has 2 aliphatic heterocycles. The molecule has 0 aromatic heterocycles. The van der Waals surface area contributed by atoms with Crippen molar-refractivity contribution in [1.82, 2.24) is 4.90 Å². The average molecular weight is 404 g/mol. The van der Waals surface area contributed by atoms with Gasteiger partial charge in [-0.15, -0.1) is 11.8 Å². The van der Waals surface area contributed by atoms with Crippen molar-refractivity contribution >= 4 is 29.3 Å². The number of ether oxygens (including phenoxy) is 1. The molecule has 2 heterocycles. The summed E-state index contributed by atoms with van der Waals surface area (Å²) in [5.41, 5.74) is 1.03. The number of hydrogen-bond acceptors (Lipinski definition) is 4. The van der Waals surface area contributed by atoms with Gasteiger partial charge in [0.05, 0.1) is 12.2 Å². The number of hydrogen-bond donors (Lipinski definition) is 0. The van der Waals surface area contributed by atoms with E-state index in [2.05, 4.69) is 0 Å². The number of methoxy groups -OCH3 is 1. The highest BCUT2D eigenvalue weighted by Crippen LogP contribution is 2.54. The van der Waals surface area contributed by atoms with Crippen LogP contribution in [0, 0.1) is 11.6 Å². The number of rotatable bonds is 4. The largest absolute Gasteiger partial charge is 0.375 e. The van der Waals surface area contributed by atoms with Crippen LogP contribution in [-0.2, 0) is 25.7 Å². The highest BCUT2D eigenvalue weighted by molar-refractivity contribution is 8.01. The van der Waals surface area contributed by atoms with Crippen LogP contribution in [0.25, 0.3) is 0 Å². The zero-order valence-electron chi connectivity index (χ0n) is 15.2. The van der Waals surface area contributed by atoms with Crippen molar-refractivity contribution in [3.8, 4) is 0 Å². The SMILES string of the molecule is COCC(=O)N1CCS[C@]12C(=O)N(Cc1c(F)cccc1F)c1ccccc12. The van der Waals surface area contributed by atoms with E-state index in [1.54, 1.807) is 24.3 Å². The fourth-order valence-electron chi connectivity index (χ4n) is 3.82. The van der Waals surface area contributed by atoms with Gasteiger partial charge < -0.3 is 14.5 Å². The fourth-order valence-corrected chi connectivity index (χ4v) is 5.30. The van der Waals surface area contributed by atoms with Crippen LogP contribution in [0.3, 0.4) is 0 Å². The molecule has 2 aliphatic rings. The lowest BCUT2D eigenvalue weighted by Gasteiger charge is -2.33. The summed E-state index contributed by atoms with van der Waals surface area (Å²) in [7, 11) is 1.42. The van der Waals surface area contributed by atoms with E-state index in [0.717, 1.165) is 0 Å². The molecule has 5 nitrogen and oxygen atoms in total. The maximum atomic E-state index is 14.2. The Balaban J connectivity index is 1.80. The van der Waals surface area contributed by atoms with Crippen LogP contribution in [-0.4, -0.2) is 42.7 Å². The number of halogens is 2. The van der Waals surface area contributed by atoms with Gasteiger partial charge in [0, 0.05) is 30.5 Å². The van der Waals surface area contributed by atoms with E-state index in [1.807, 2.05) is 0 Å². The second-order valence-corrected chi connectivity index (χ2v) is 7.87. The number of thioether (sulfide) groups is 1. The molecule has 0 unspecified atom stereocenters. The minimum absolute atomic E-state index is 0.139. The molecular formula is C20H18F2N2O3S. The first-order chi connectivity index (χ1) is 13.5. The number of carbonyl (C=O) groups excluding carboxylic acids is 2. The number of fused-ring (bicyclic) bond motifs is 2. The Morgan fingerprint density at radius 2 is 1.89 bits per heavy atom. The van der Waals surface area contributed by atoms with Gasteiger partial charge in [-0.25, -0.2) is 8.78 Å². The number of benzene rings is 2. The van der Waals surface area contributed by atoms with E-state index in [1.165, 1.54) is 46.9 Å². The molecule has 4 rings (SSSR count). The summed E-state index contributed by atoms with van der Waals surface area (Å²) < 4.78 is 33.4. The van der Waals surface area contributed by atoms with E-state index in [9.17, 15) is 18.4 Å². The molecular weight excluding hydrogens is 386 g/mol. The molecule has 28 heavy (non-hydrogen) atoms. The predicted octanol–water partition coefficient (Wildman–Crippen LogP) is 2.89. The molecule has 0 radical (unpaired) electrons. The topological polar surface area (TPSA) is 49.9 Å². The summed E-state index contributed by atoms with van der Waals surface area (Å²) in [6.07, 6.45) is 0. The molecule has 1 spiro atoms. The number of para-hydroxylation sites is 1. The zero-order chi connectivity index (χ0) is 19.9. The van der Waals surface area contributed by atoms with Crippen molar-refractivity contribution in [2.45, 2.75) is 11.4 Å². The van der Waals surface area contributed by atoms with Gasteiger partial charge in [-0.05, 0) is 18.2 Å². The van der Waals surface area contributed by atoms with Gasteiger partial charge in [0.1, 0.15) is 18.2 Å². The van der Waals surface area contributed by atoms with Crippen molar-refractivity contribution in [1.29, 1.82) is 0 Å². The zero-order valence-corrected chi connectivity index (χ0v) is 16.0. The summed E-state index contributed by atoms with van der Waals surface area (Å²) in [4.78, 5) is 27.8. The van der Waals surface area contributed by atoms with E-state index in [-0.39, 0.29) is 30.5 Å². The Kier molecular flexibility index (Phi) is 4.84. The van der Waals surface area contributed by atoms with E-state index < -0.39 is 16.5 Å². The molecule has 2 amide bonds. The summed E-state index contributed by atoms with van der Waals surface area (Å²) in [6, 6.07) is 10.7. The minimum atomic E-state index is -1.23. The molecule has 1 fully saturated rings. The molecule has 146 valence electrons. The van der Waals surface area contributed by atoms with Crippen molar-refractivity contribution in [2.75, 3.05) is 30.9 Å². The van der Waals surface area contributed by atoms with Crippen molar-refractivity contribution < 1.29 is 23.1 Å². The van der Waals surface area contributed by atoms with Gasteiger partial charge >= 0.3 is 0 Å². The quantitative estimate of drug-likeness (QED) is 0.786. The Morgan fingerprint density at radius 3 is 2.61 bits per heavy atom. The average Bonchev–Trinajstić information content (AvgIpc) is 3.22. The number of nitrogens with zero attached hydrogens (tertiary/aromatic N) is 2. The molecule has 0 N–H and O–H groups in total. The van der Waals surface area contributed by atoms with Crippen LogP contribution in [0.2, 0.25) is 0 Å². The van der Waals surface area contributed by atoms with Crippen LogP contribution >= 0.6 is 11.8 Å². The van der Waals surface area contributed by atoms with E-state index in [0.29, 0.717) is 23.5 Å². The first-order valence-corrected chi connectivity index (χ1v) is 9.77. The lowest BCUT2D eigenvalue weighted by molar-refractivity contribution is -0.143. The third kappa shape index (κ3) is 2.70. The summed E-state index contributed by atoms with van der Waals surface area (Å²) >= 11 is 1.36. The molecule has 0 bridgehead atoms. The highest BCUT2D eigenvalue weighted by atomic mass is 32.2. The van der Waals surface area contributed by atoms with E-state index in [4.69, 9.17) is 4.74 Å². The Labute approximate surface area is 165 Å². The van der Waals surface area contributed by atoms with Crippen LogP contribution in [0.1, 0.15) is 11.1 Å². The summed E-state index contributed by atoms with van der Waals surface area (Å²) in [5, 5.41) is 0. The predicted molar refractivity (Wildman–Crippen MR) is 102 cm³/mol. The maximum Gasteiger partial charge on any atom is 0.268 e. The van der Waals surface area contributed by atoms with Crippen LogP contribution < -0.4 is 4.90 Å². The molecule has 0 saturated carbocycles. The van der Waals surface area contributed by atoms with Crippen molar-refractivity contribution in [3.05, 3.63) is 65.2 Å². The highest BCUT2D eigenvalue weighted by Gasteiger charge is 2.59. The van der Waals surface area contributed by atoms with E-state index >= 15 is 0 Å². The van der Waals surface area contributed by atoms with Gasteiger partial charge in [-0.1, -0.05) is 24.3 Å². The molecule has 2 aromatic rings. The van der Waals surface area contributed by atoms with Gasteiger partial charge in [-0.3, -0.25) is 9.59 Å². The first-order valence-electron chi connectivity index (χ1n) is 8.78. The standard InChI is InChI=1S/C20H18F2N2O3S/c1-27-12-18(25)24-9-10-28-20(24)14-5-2-3-8-17(14)23(19(20)26)11-13-15(21)6-4-7-16(13)22/h2-8H,9-12H2,1H3/t20-/m1/s1. The van der Waals surface area contributed by atoms with Crippen LogP contribution in [0.4, 0.5) is 14.5 Å². The molecule has 1 atom stereocenters. The third-order valence-electron chi connectivity index (χ3n) is 5.05. The van der Waals surface area contributed by atoms with Gasteiger partial charge in [-0.2, -0.15) is 0 Å². The maximum absolute atomic E-state index is 14.2. The van der Waals surface area contributed by atoms with Crippen molar-refractivity contribution in [2.24, 2.45) is 0 Å². The normalized spacial score (nSPS) is 20.9. The summed E-state index contributed by atoms with van der Waals surface area (Å²) in [6.45, 7) is 0.0114. The lowest BCUT2D eigenvalue weighted by atomic mass is 10.1. The molecule has 2 aromatic carbocycles. The number of anilines is 1. The van der Waals surface area contributed by atoms with Gasteiger partial charge in [0.15, 0.2) is 4.87 Å². The van der Waals surface area contributed by atoms with Crippen LogP contribution in [0.5, 0.6) is 0 Å². The Hall–Kier alpha value is -2.45. The lowest BCUT2D eigenvalue weighted by Crippen LogP contribution is -2.51. The van der Waals surface area contributed by atoms with Gasteiger partial charge in [0.25, 0.3) is 5.91 Å². The first kappa shape index (κ1) is 18.9. The second-order valence-electron chi connectivity index (χ2n) is 6.58. The Bertz CT molecular complexity index is 935. The summed E-state index contributed by atoms with van der Waals surface area (Å²) in [5.74, 6) is -1.51. The second kappa shape index (κ2) is 7.18. The van der Waals surface area contributed by atoms with Crippen molar-refractivity contribution in [3.63, 3.8) is 0 Å².